The Morgan fingerprint density at radius 2 is 1.00 bits per heavy atom. The minimum Gasteiger partial charge on any atom is -0.391 e. The first-order valence-electron chi connectivity index (χ1n) is 30.6. The second kappa shape index (κ2) is 35.3. The summed E-state index contributed by atoms with van der Waals surface area (Å²) in [6.07, 6.45) is 4.65. The van der Waals surface area contributed by atoms with Crippen molar-refractivity contribution >= 4 is 53.2 Å². The fraction of sp³-hybridized carbons (Fsp3) is 0.823. The summed E-state index contributed by atoms with van der Waals surface area (Å²) in [6, 6.07) is -9.22. The third-order valence-corrected chi connectivity index (χ3v) is 16.3. The van der Waals surface area contributed by atoms with Crippen molar-refractivity contribution in [3.05, 3.63) is 12.2 Å². The van der Waals surface area contributed by atoms with Crippen LogP contribution in [0.5, 0.6) is 0 Å². The van der Waals surface area contributed by atoms with Crippen molar-refractivity contribution in [1.82, 2.24) is 55.6 Å². The Balaban J connectivity index is 4.20. The van der Waals surface area contributed by atoms with Gasteiger partial charge in [0.25, 0.3) is 0 Å². The van der Waals surface area contributed by atoms with Crippen molar-refractivity contribution in [2.45, 2.75) is 223 Å². The molecule has 0 aliphatic carbocycles. The zero-order valence-corrected chi connectivity index (χ0v) is 55.7. The van der Waals surface area contributed by atoms with Crippen molar-refractivity contribution in [2.75, 3.05) is 69.0 Å². The van der Waals surface area contributed by atoms with Crippen LogP contribution in [0.1, 0.15) is 156 Å². The van der Waals surface area contributed by atoms with Gasteiger partial charge >= 0.3 is 0 Å². The highest BCUT2D eigenvalue weighted by atomic mass is 16.3. The van der Waals surface area contributed by atoms with Crippen molar-refractivity contribution < 1.29 is 48.3 Å². The van der Waals surface area contributed by atoms with E-state index in [1.807, 2.05) is 79.5 Å². The molecule has 83 heavy (non-hydrogen) atoms. The Hall–Kier alpha value is -5.15. The van der Waals surface area contributed by atoms with Crippen LogP contribution in [-0.2, 0) is 43.2 Å². The van der Waals surface area contributed by atoms with E-state index in [-0.39, 0.29) is 72.8 Å². The highest BCUT2D eigenvalue weighted by Gasteiger charge is 2.42. The van der Waals surface area contributed by atoms with Crippen LogP contribution in [0.2, 0.25) is 0 Å². The molecule has 0 aromatic heterocycles. The van der Waals surface area contributed by atoms with Gasteiger partial charge in [0.15, 0.2) is 0 Å². The summed E-state index contributed by atoms with van der Waals surface area (Å²) >= 11 is 0. The number of aliphatic hydroxyl groups is 1. The molecule has 5 N–H and O–H groups in total. The molecule has 1 aliphatic rings. The SMILES string of the molecule is C/C=C/C[C@@H](C)[C@@H](O)C1C(=O)N[C@@H](CC)C(=O)N(C)CC(=O)N(C)[C@@H](CC(C)C)C(=O)N[C@@H](C(C)C)C(=O)N(C)[C@@H](CC(C)C)C(=O)N[C@@H](C)C(=O)N[C@H](C)C(=O)N(C)[C@@H](CC(C)C)C(=O)N(C)[C@@H](CC(C)C)CN(C)[C@@H](C(C)C)CN1C. The normalized spacial score (nSPS) is 27.7. The third kappa shape index (κ3) is 23.0. The van der Waals surface area contributed by atoms with Crippen LogP contribution in [0.15, 0.2) is 12.2 Å². The maximum absolute atomic E-state index is 15.0. The summed E-state index contributed by atoms with van der Waals surface area (Å²) in [5.74, 6) is -5.79. The monoisotopic (exact) mass is 1170 g/mol. The molecule has 0 saturated carbocycles. The molecule has 478 valence electrons. The lowest BCUT2D eigenvalue weighted by atomic mass is 9.91. The number of nitrogens with zero attached hydrogens (tertiary/aromatic N) is 7. The largest absolute Gasteiger partial charge is 0.391 e. The van der Waals surface area contributed by atoms with E-state index in [1.54, 1.807) is 46.8 Å². The molecular weight excluding hydrogens is 1060 g/mol. The standard InChI is InChI=1S/C62H115N11O10/c1-25-27-28-42(15)54(75)53-58(79)65-46(26-2)60(81)69(20)35-51(74)71(22)47(30-37(5)6)57(78)66-52(41(13)14)62(83)72(23)48(31-38(7)8)56(77)63-43(16)55(76)64-44(17)59(80)73(24)49(32-39(9)10)61(82)70(21)45(29-36(3)4)33-67(18)50(40(11)12)34-68(53)19/h25,27,36-50,52-54,75H,26,28-35H2,1-24H3,(H,63,77)(H,64,76)(H,65,79)(H,66,78)/b27-25+/t42-,43+,44-,45+,46+,47+,48+,49+,50-,52+,53?,54-/m1/s1. The quantitative estimate of drug-likeness (QED) is 0.145. The van der Waals surface area contributed by atoms with Crippen molar-refractivity contribution in [3.8, 4) is 0 Å². The predicted octanol–water partition coefficient (Wildman–Crippen LogP) is 4.22. The van der Waals surface area contributed by atoms with Gasteiger partial charge in [-0.15, -0.1) is 0 Å². The Kier molecular flexibility index (Phi) is 32.3. The lowest BCUT2D eigenvalue weighted by molar-refractivity contribution is -0.147. The van der Waals surface area contributed by atoms with Gasteiger partial charge in [-0.2, -0.15) is 0 Å². The molecule has 1 rings (SSSR count). The number of hydrogen-bond donors (Lipinski definition) is 5. The van der Waals surface area contributed by atoms with E-state index in [1.165, 1.54) is 54.6 Å². The number of allylic oxidation sites excluding steroid dienone is 2. The Morgan fingerprint density at radius 1 is 0.518 bits per heavy atom. The van der Waals surface area contributed by atoms with Gasteiger partial charge in [-0.3, -0.25) is 53.0 Å². The average Bonchev–Trinajstić information content (AvgIpc) is 3.53. The predicted molar refractivity (Wildman–Crippen MR) is 328 cm³/mol. The molecule has 1 heterocycles. The van der Waals surface area contributed by atoms with E-state index in [4.69, 9.17) is 0 Å². The lowest BCUT2D eigenvalue weighted by Crippen LogP contribution is -2.61. The van der Waals surface area contributed by atoms with Gasteiger partial charge in [0.2, 0.25) is 53.2 Å². The van der Waals surface area contributed by atoms with Crippen LogP contribution in [0, 0.1) is 41.4 Å². The highest BCUT2D eigenvalue weighted by molar-refractivity contribution is 5.97. The van der Waals surface area contributed by atoms with E-state index in [0.29, 0.717) is 32.4 Å². The van der Waals surface area contributed by atoms with Gasteiger partial charge in [-0.25, -0.2) is 0 Å². The number of carbonyl (C=O) groups excluding carboxylic acids is 9. The molecule has 1 fully saturated rings. The number of nitrogens with one attached hydrogen (secondary N) is 4. The van der Waals surface area contributed by atoms with Gasteiger partial charge in [-0.1, -0.05) is 109 Å². The summed E-state index contributed by atoms with van der Waals surface area (Å²) in [6.45, 7) is 32.1. The first kappa shape index (κ1) is 75.9. The number of likely N-dealkylation sites (N-methyl/N-ethyl adjacent to an activating group) is 7. The number of rotatable bonds is 15. The topological polar surface area (TPSA) is 245 Å². The molecule has 0 spiro atoms. The minimum atomic E-state index is -1.17. The second-order valence-corrected chi connectivity index (χ2v) is 26.3. The number of amides is 9. The highest BCUT2D eigenvalue weighted by Crippen LogP contribution is 2.24. The van der Waals surface area contributed by atoms with E-state index in [2.05, 4.69) is 53.9 Å². The summed E-state index contributed by atoms with van der Waals surface area (Å²) in [4.78, 5) is 141. The van der Waals surface area contributed by atoms with E-state index in [0.717, 1.165) is 0 Å². The van der Waals surface area contributed by atoms with Gasteiger partial charge < -0.3 is 50.9 Å². The Bertz CT molecular complexity index is 2150. The smallest absolute Gasteiger partial charge is 0.245 e. The number of aliphatic hydroxyl groups excluding tert-OH is 1. The van der Waals surface area contributed by atoms with Gasteiger partial charge in [0, 0.05) is 60.4 Å². The summed E-state index contributed by atoms with van der Waals surface area (Å²) in [5.41, 5.74) is 0. The summed E-state index contributed by atoms with van der Waals surface area (Å²) in [7, 11) is 11.5. The number of hydrogen-bond acceptors (Lipinski definition) is 12. The molecule has 1 aliphatic heterocycles. The van der Waals surface area contributed by atoms with E-state index < -0.39 is 114 Å². The first-order chi connectivity index (χ1) is 38.4. The van der Waals surface area contributed by atoms with Crippen LogP contribution >= 0.6 is 0 Å². The van der Waals surface area contributed by atoms with Crippen LogP contribution in [0.25, 0.3) is 0 Å². The molecule has 12 atom stereocenters. The first-order valence-corrected chi connectivity index (χ1v) is 30.6. The Labute approximate surface area is 500 Å². The maximum atomic E-state index is 15.0. The molecule has 0 radical (unpaired) electrons. The molecule has 0 bridgehead atoms. The summed E-state index contributed by atoms with van der Waals surface area (Å²) < 4.78 is 0. The van der Waals surface area contributed by atoms with Gasteiger partial charge in [0.05, 0.1) is 12.6 Å². The van der Waals surface area contributed by atoms with Crippen LogP contribution in [-0.4, -0.2) is 228 Å². The van der Waals surface area contributed by atoms with Crippen molar-refractivity contribution in [1.29, 1.82) is 0 Å². The van der Waals surface area contributed by atoms with E-state index >= 15 is 0 Å². The zero-order valence-electron chi connectivity index (χ0n) is 55.7. The van der Waals surface area contributed by atoms with Crippen molar-refractivity contribution in [2.24, 2.45) is 41.4 Å². The van der Waals surface area contributed by atoms with Crippen LogP contribution in [0.4, 0.5) is 0 Å². The average molecular weight is 1170 g/mol. The van der Waals surface area contributed by atoms with Gasteiger partial charge in [0.1, 0.15) is 48.3 Å². The fourth-order valence-corrected chi connectivity index (χ4v) is 10.9. The molecule has 1 unspecified atom stereocenters. The lowest BCUT2D eigenvalue weighted by Gasteiger charge is -2.42. The zero-order chi connectivity index (χ0) is 64.2. The molecular formula is C62H115N11O10. The molecule has 0 aromatic carbocycles. The fourth-order valence-electron chi connectivity index (χ4n) is 10.9. The Morgan fingerprint density at radius 3 is 1.48 bits per heavy atom. The molecule has 21 nitrogen and oxygen atoms in total. The van der Waals surface area contributed by atoms with Crippen LogP contribution in [0.3, 0.4) is 0 Å². The molecule has 0 aromatic rings. The van der Waals surface area contributed by atoms with E-state index in [9.17, 15) is 48.3 Å². The third-order valence-electron chi connectivity index (χ3n) is 16.3. The second-order valence-electron chi connectivity index (χ2n) is 26.3. The molecule has 21 heteroatoms. The molecule has 9 amide bonds. The summed E-state index contributed by atoms with van der Waals surface area (Å²) in [5, 5.41) is 23.5. The minimum absolute atomic E-state index is 0.00230. The van der Waals surface area contributed by atoms with Crippen LogP contribution < -0.4 is 21.3 Å². The molecule has 1 saturated heterocycles. The number of carbonyl (C=O) groups is 9. The van der Waals surface area contributed by atoms with Crippen molar-refractivity contribution in [3.63, 3.8) is 0 Å². The maximum Gasteiger partial charge on any atom is 0.245 e. The van der Waals surface area contributed by atoms with Gasteiger partial charge in [-0.05, 0) is 115 Å².